The van der Waals surface area contributed by atoms with Crippen LogP contribution >= 0.6 is 0 Å². The molecule has 5 heteroatoms. The van der Waals surface area contributed by atoms with Crippen molar-refractivity contribution in [1.29, 1.82) is 0 Å². The van der Waals surface area contributed by atoms with Crippen LogP contribution in [0.2, 0.25) is 0 Å². The van der Waals surface area contributed by atoms with Crippen LogP contribution in [-0.2, 0) is 6.61 Å². The van der Waals surface area contributed by atoms with Gasteiger partial charge in [-0.1, -0.05) is 18.2 Å². The van der Waals surface area contributed by atoms with Crippen molar-refractivity contribution in [1.82, 2.24) is 0 Å². The molecular weight excluding hydrogens is 256 g/mol. The first-order chi connectivity index (χ1) is 9.61. The lowest BCUT2D eigenvalue weighted by atomic mass is 10.2. The molecule has 0 aliphatic carbocycles. The third-order valence-corrected chi connectivity index (χ3v) is 3.01. The topological polar surface area (TPSA) is 64.4 Å². The maximum atomic E-state index is 10.9. The summed E-state index contributed by atoms with van der Waals surface area (Å²) in [7, 11) is 1.66. The minimum Gasteiger partial charge on any atom is -0.489 e. The predicted molar refractivity (Wildman–Crippen MR) is 78.2 cm³/mol. The van der Waals surface area contributed by atoms with Crippen molar-refractivity contribution in [2.45, 2.75) is 13.5 Å². The normalized spacial score (nSPS) is 10.1. The van der Waals surface area contributed by atoms with Crippen LogP contribution in [0.15, 0.2) is 42.5 Å². The first-order valence-corrected chi connectivity index (χ1v) is 6.25. The summed E-state index contributed by atoms with van der Waals surface area (Å²) in [6.07, 6.45) is 0. The van der Waals surface area contributed by atoms with Gasteiger partial charge in [-0.25, -0.2) is 0 Å². The molecule has 2 aromatic carbocycles. The number of nitrogens with one attached hydrogen (secondary N) is 1. The van der Waals surface area contributed by atoms with Gasteiger partial charge in [-0.3, -0.25) is 10.1 Å². The molecular formula is C15H16N2O3. The summed E-state index contributed by atoms with van der Waals surface area (Å²) in [5.41, 5.74) is 2.49. The number of aryl methyl sites for hydroxylation is 1. The first kappa shape index (κ1) is 13.9. The molecule has 0 aliphatic heterocycles. The summed E-state index contributed by atoms with van der Waals surface area (Å²) >= 11 is 0. The quantitative estimate of drug-likeness (QED) is 0.668. The van der Waals surface area contributed by atoms with Gasteiger partial charge in [0, 0.05) is 13.1 Å². The lowest BCUT2D eigenvalue weighted by Crippen LogP contribution is -2.01. The van der Waals surface area contributed by atoms with Crippen molar-refractivity contribution in [3.63, 3.8) is 0 Å². The molecule has 2 rings (SSSR count). The Morgan fingerprint density at radius 1 is 1.25 bits per heavy atom. The van der Waals surface area contributed by atoms with E-state index in [0.29, 0.717) is 12.3 Å². The second-order valence-corrected chi connectivity index (χ2v) is 4.41. The number of hydrogen-bond acceptors (Lipinski definition) is 4. The second kappa shape index (κ2) is 6.06. The Morgan fingerprint density at radius 2 is 2.00 bits per heavy atom. The zero-order valence-electron chi connectivity index (χ0n) is 11.4. The Kier molecular flexibility index (Phi) is 4.20. The summed E-state index contributed by atoms with van der Waals surface area (Å²) < 4.78 is 5.73. The second-order valence-electron chi connectivity index (χ2n) is 4.41. The van der Waals surface area contributed by atoms with Crippen LogP contribution in [0.3, 0.4) is 0 Å². The predicted octanol–water partition coefficient (Wildman–Crippen LogP) is 3.52. The van der Waals surface area contributed by atoms with Crippen LogP contribution in [0.25, 0.3) is 0 Å². The minimum atomic E-state index is -0.405. The molecule has 0 amide bonds. The lowest BCUT2D eigenvalue weighted by Gasteiger charge is -2.10. The van der Waals surface area contributed by atoms with E-state index in [2.05, 4.69) is 5.32 Å². The van der Waals surface area contributed by atoms with E-state index in [-0.39, 0.29) is 5.69 Å². The van der Waals surface area contributed by atoms with Crippen molar-refractivity contribution in [3.8, 4) is 5.75 Å². The molecule has 2 aromatic rings. The summed E-state index contributed by atoms with van der Waals surface area (Å²) in [5, 5.41) is 13.7. The van der Waals surface area contributed by atoms with Crippen LogP contribution < -0.4 is 10.1 Å². The highest BCUT2D eigenvalue weighted by Crippen LogP contribution is 2.26. The van der Waals surface area contributed by atoms with Gasteiger partial charge in [0.2, 0.25) is 0 Å². The van der Waals surface area contributed by atoms with Gasteiger partial charge >= 0.3 is 0 Å². The SMILES string of the molecule is CNc1cc(COc2ccccc2C)ccc1[N+](=O)[O-]. The summed E-state index contributed by atoms with van der Waals surface area (Å²) in [4.78, 5) is 10.4. The summed E-state index contributed by atoms with van der Waals surface area (Å²) in [6.45, 7) is 2.35. The molecule has 0 radical (unpaired) electrons. The summed E-state index contributed by atoms with van der Waals surface area (Å²) in [6, 6.07) is 12.7. The van der Waals surface area contributed by atoms with Crippen LogP contribution in [0, 0.1) is 17.0 Å². The number of nitrogens with zero attached hydrogens (tertiary/aromatic N) is 1. The third-order valence-electron chi connectivity index (χ3n) is 3.01. The molecule has 0 saturated heterocycles. The molecule has 0 bridgehead atoms. The largest absolute Gasteiger partial charge is 0.489 e. The number of benzene rings is 2. The van der Waals surface area contributed by atoms with Gasteiger partial charge in [0.05, 0.1) is 4.92 Å². The van der Waals surface area contributed by atoms with Crippen molar-refractivity contribution in [2.75, 3.05) is 12.4 Å². The van der Waals surface area contributed by atoms with E-state index in [1.165, 1.54) is 6.07 Å². The minimum absolute atomic E-state index is 0.0622. The number of nitro groups is 1. The van der Waals surface area contributed by atoms with E-state index in [0.717, 1.165) is 16.9 Å². The first-order valence-electron chi connectivity index (χ1n) is 6.25. The van der Waals surface area contributed by atoms with Gasteiger partial charge in [0.1, 0.15) is 18.0 Å². The van der Waals surface area contributed by atoms with Crippen molar-refractivity contribution < 1.29 is 9.66 Å². The fourth-order valence-electron chi connectivity index (χ4n) is 1.91. The Bertz CT molecular complexity index is 626. The number of nitro benzene ring substituents is 1. The highest BCUT2D eigenvalue weighted by atomic mass is 16.6. The summed E-state index contributed by atoms with van der Waals surface area (Å²) in [5.74, 6) is 0.817. The zero-order valence-corrected chi connectivity index (χ0v) is 11.4. The van der Waals surface area contributed by atoms with E-state index >= 15 is 0 Å². The number of para-hydroxylation sites is 1. The molecule has 0 spiro atoms. The maximum Gasteiger partial charge on any atom is 0.292 e. The zero-order chi connectivity index (χ0) is 14.5. The van der Waals surface area contributed by atoms with Gasteiger partial charge in [-0.15, -0.1) is 0 Å². The fraction of sp³-hybridized carbons (Fsp3) is 0.200. The van der Waals surface area contributed by atoms with Gasteiger partial charge in [0.15, 0.2) is 0 Å². The van der Waals surface area contributed by atoms with Crippen molar-refractivity contribution >= 4 is 11.4 Å². The Hall–Kier alpha value is -2.56. The van der Waals surface area contributed by atoms with E-state index in [1.54, 1.807) is 19.2 Å². The maximum absolute atomic E-state index is 10.9. The molecule has 0 unspecified atom stereocenters. The average Bonchev–Trinajstić information content (AvgIpc) is 2.46. The molecule has 0 aromatic heterocycles. The van der Waals surface area contributed by atoms with E-state index in [1.807, 2.05) is 31.2 Å². The number of anilines is 1. The van der Waals surface area contributed by atoms with Crippen LogP contribution in [-0.4, -0.2) is 12.0 Å². The Labute approximate surface area is 117 Å². The van der Waals surface area contributed by atoms with Gasteiger partial charge in [0.25, 0.3) is 5.69 Å². The lowest BCUT2D eigenvalue weighted by molar-refractivity contribution is -0.384. The van der Waals surface area contributed by atoms with Crippen LogP contribution in [0.1, 0.15) is 11.1 Å². The molecule has 20 heavy (non-hydrogen) atoms. The van der Waals surface area contributed by atoms with E-state index < -0.39 is 4.92 Å². The molecule has 1 N–H and O–H groups in total. The van der Waals surface area contributed by atoms with Crippen LogP contribution in [0.5, 0.6) is 5.75 Å². The van der Waals surface area contributed by atoms with Crippen molar-refractivity contribution in [3.05, 3.63) is 63.7 Å². The molecule has 0 saturated carbocycles. The van der Waals surface area contributed by atoms with Gasteiger partial charge < -0.3 is 10.1 Å². The standard InChI is InChI=1S/C15H16N2O3/c1-11-5-3-4-6-15(11)20-10-12-7-8-14(17(18)19)13(9-12)16-2/h3-9,16H,10H2,1-2H3. The van der Waals surface area contributed by atoms with E-state index in [9.17, 15) is 10.1 Å². The van der Waals surface area contributed by atoms with Crippen molar-refractivity contribution in [2.24, 2.45) is 0 Å². The molecule has 104 valence electrons. The molecule has 0 aliphatic rings. The number of rotatable bonds is 5. The van der Waals surface area contributed by atoms with Gasteiger partial charge in [-0.2, -0.15) is 0 Å². The molecule has 0 fully saturated rings. The fourth-order valence-corrected chi connectivity index (χ4v) is 1.91. The molecule has 0 atom stereocenters. The smallest absolute Gasteiger partial charge is 0.292 e. The van der Waals surface area contributed by atoms with E-state index in [4.69, 9.17) is 4.74 Å². The molecule has 5 nitrogen and oxygen atoms in total. The number of hydrogen-bond donors (Lipinski definition) is 1. The van der Waals surface area contributed by atoms with Gasteiger partial charge in [-0.05, 0) is 36.2 Å². The third kappa shape index (κ3) is 3.06. The Balaban J connectivity index is 2.15. The molecule has 0 heterocycles. The average molecular weight is 272 g/mol. The number of ether oxygens (including phenoxy) is 1. The monoisotopic (exact) mass is 272 g/mol. The highest BCUT2D eigenvalue weighted by Gasteiger charge is 2.13. The Morgan fingerprint density at radius 3 is 2.65 bits per heavy atom. The highest BCUT2D eigenvalue weighted by molar-refractivity contribution is 5.62. The van der Waals surface area contributed by atoms with Crippen LogP contribution in [0.4, 0.5) is 11.4 Å².